The van der Waals surface area contributed by atoms with E-state index in [1.165, 1.54) is 12.8 Å². The molecule has 94 valence electrons. The summed E-state index contributed by atoms with van der Waals surface area (Å²) in [5.41, 5.74) is 2.63. The number of unbranched alkanes of at least 4 members (excludes halogenated alkanes) is 2. The molecule has 0 saturated heterocycles. The number of hydrogen-bond acceptors (Lipinski definition) is 2. The molecule has 17 heavy (non-hydrogen) atoms. The highest BCUT2D eigenvalue weighted by atomic mass is 16.2. The SMILES string of the molecule is CCCCCC(=O)NN=CC1CC2C=CC1C2. The van der Waals surface area contributed by atoms with Crippen LogP contribution in [-0.2, 0) is 4.79 Å². The lowest BCUT2D eigenvalue weighted by Gasteiger charge is -2.11. The van der Waals surface area contributed by atoms with Gasteiger partial charge in [-0.3, -0.25) is 4.79 Å². The number of amides is 1. The Hall–Kier alpha value is -1.12. The van der Waals surface area contributed by atoms with E-state index in [0.29, 0.717) is 18.3 Å². The van der Waals surface area contributed by atoms with Gasteiger partial charge in [-0.2, -0.15) is 5.10 Å². The van der Waals surface area contributed by atoms with Gasteiger partial charge in [0.05, 0.1) is 0 Å². The molecular formula is C14H22N2O. The normalized spacial score (nSPS) is 30.3. The topological polar surface area (TPSA) is 41.5 Å². The summed E-state index contributed by atoms with van der Waals surface area (Å²) in [5, 5.41) is 4.09. The minimum absolute atomic E-state index is 0.0494. The standard InChI is InChI=1S/C14H22N2O/c1-2-3-4-5-14(17)16-15-10-13-9-11-6-7-12(13)8-11/h6-7,10-13H,2-5,8-9H2,1H3,(H,16,17). The second kappa shape index (κ2) is 5.99. The number of carbonyl (C=O) groups excluding carboxylic acids is 1. The van der Waals surface area contributed by atoms with E-state index < -0.39 is 0 Å². The highest BCUT2D eigenvalue weighted by molar-refractivity contribution is 5.77. The number of rotatable bonds is 6. The van der Waals surface area contributed by atoms with Crippen LogP contribution in [0.25, 0.3) is 0 Å². The molecule has 0 aromatic heterocycles. The van der Waals surface area contributed by atoms with Crippen molar-refractivity contribution in [1.82, 2.24) is 5.43 Å². The van der Waals surface area contributed by atoms with Gasteiger partial charge >= 0.3 is 0 Å². The Bertz CT molecular complexity index is 322. The van der Waals surface area contributed by atoms with Gasteiger partial charge in [0.25, 0.3) is 0 Å². The van der Waals surface area contributed by atoms with E-state index in [4.69, 9.17) is 0 Å². The maximum Gasteiger partial charge on any atom is 0.240 e. The molecule has 0 aromatic carbocycles. The van der Waals surface area contributed by atoms with Crippen molar-refractivity contribution in [2.75, 3.05) is 0 Å². The Labute approximate surface area is 103 Å². The Morgan fingerprint density at radius 3 is 2.94 bits per heavy atom. The summed E-state index contributed by atoms with van der Waals surface area (Å²) in [4.78, 5) is 11.4. The van der Waals surface area contributed by atoms with Gasteiger partial charge in [0.2, 0.25) is 5.91 Å². The number of nitrogens with one attached hydrogen (secondary N) is 1. The number of nitrogens with zero attached hydrogens (tertiary/aromatic N) is 1. The number of hydrazone groups is 1. The molecule has 3 heteroatoms. The number of hydrogen-bond donors (Lipinski definition) is 1. The Kier molecular flexibility index (Phi) is 4.35. The van der Waals surface area contributed by atoms with Gasteiger partial charge in [-0.05, 0) is 31.1 Å². The minimum atomic E-state index is 0.0494. The summed E-state index contributed by atoms with van der Waals surface area (Å²) in [6.45, 7) is 2.14. The molecule has 1 saturated carbocycles. The van der Waals surface area contributed by atoms with Crippen LogP contribution in [0.1, 0.15) is 45.4 Å². The Morgan fingerprint density at radius 2 is 2.29 bits per heavy atom. The fraction of sp³-hybridized carbons (Fsp3) is 0.714. The first-order valence-corrected chi connectivity index (χ1v) is 6.80. The summed E-state index contributed by atoms with van der Waals surface area (Å²) < 4.78 is 0. The zero-order valence-corrected chi connectivity index (χ0v) is 10.6. The van der Waals surface area contributed by atoms with E-state index in [2.05, 4.69) is 29.6 Å². The maximum atomic E-state index is 11.4. The van der Waals surface area contributed by atoms with Crippen LogP contribution in [0.4, 0.5) is 0 Å². The van der Waals surface area contributed by atoms with Crippen molar-refractivity contribution in [1.29, 1.82) is 0 Å². The van der Waals surface area contributed by atoms with Gasteiger partial charge in [-0.25, -0.2) is 5.43 Å². The van der Waals surface area contributed by atoms with E-state index in [1.807, 2.05) is 6.21 Å². The van der Waals surface area contributed by atoms with Crippen molar-refractivity contribution in [3.8, 4) is 0 Å². The lowest BCUT2D eigenvalue weighted by atomic mass is 9.95. The average Bonchev–Trinajstić information content (AvgIpc) is 2.91. The van der Waals surface area contributed by atoms with Gasteiger partial charge in [0, 0.05) is 18.6 Å². The highest BCUT2D eigenvalue weighted by Crippen LogP contribution is 2.42. The van der Waals surface area contributed by atoms with E-state index >= 15 is 0 Å². The molecule has 3 unspecified atom stereocenters. The van der Waals surface area contributed by atoms with E-state index in [0.717, 1.165) is 25.2 Å². The fourth-order valence-electron chi connectivity index (χ4n) is 2.79. The monoisotopic (exact) mass is 234 g/mol. The van der Waals surface area contributed by atoms with E-state index in [-0.39, 0.29) is 5.91 Å². The zero-order chi connectivity index (χ0) is 12.1. The summed E-state index contributed by atoms with van der Waals surface area (Å²) in [6, 6.07) is 0. The smallest absolute Gasteiger partial charge is 0.240 e. The molecule has 1 N–H and O–H groups in total. The average molecular weight is 234 g/mol. The molecule has 2 aliphatic carbocycles. The van der Waals surface area contributed by atoms with Crippen molar-refractivity contribution in [2.24, 2.45) is 22.9 Å². The summed E-state index contributed by atoms with van der Waals surface area (Å²) in [5.74, 6) is 2.02. The molecule has 0 aliphatic heterocycles. The molecular weight excluding hydrogens is 212 g/mol. The van der Waals surface area contributed by atoms with Crippen LogP contribution < -0.4 is 5.43 Å². The number of fused-ring (bicyclic) bond motifs is 2. The molecule has 1 fully saturated rings. The second-order valence-corrected chi connectivity index (χ2v) is 5.21. The quantitative estimate of drug-likeness (QED) is 0.326. The fourth-order valence-corrected chi connectivity index (χ4v) is 2.79. The van der Waals surface area contributed by atoms with Gasteiger partial charge in [-0.1, -0.05) is 31.9 Å². The van der Waals surface area contributed by atoms with Gasteiger partial charge in [0.15, 0.2) is 0 Å². The predicted octanol–water partition coefficient (Wildman–Crippen LogP) is 2.88. The molecule has 0 aromatic rings. The third-order valence-corrected chi connectivity index (χ3v) is 3.79. The molecule has 3 nitrogen and oxygen atoms in total. The van der Waals surface area contributed by atoms with Crippen LogP contribution in [0.3, 0.4) is 0 Å². The van der Waals surface area contributed by atoms with Crippen LogP contribution in [0.2, 0.25) is 0 Å². The lowest BCUT2D eigenvalue weighted by Crippen LogP contribution is -2.19. The first-order chi connectivity index (χ1) is 8.29. The third kappa shape index (κ3) is 3.42. The molecule has 0 spiro atoms. The molecule has 0 radical (unpaired) electrons. The van der Waals surface area contributed by atoms with Crippen LogP contribution in [0.5, 0.6) is 0 Å². The number of carbonyl (C=O) groups is 1. The van der Waals surface area contributed by atoms with E-state index in [9.17, 15) is 4.79 Å². The Morgan fingerprint density at radius 1 is 1.41 bits per heavy atom. The van der Waals surface area contributed by atoms with Crippen LogP contribution in [0, 0.1) is 17.8 Å². The van der Waals surface area contributed by atoms with Crippen LogP contribution in [0.15, 0.2) is 17.3 Å². The molecule has 2 aliphatic rings. The molecule has 1 amide bonds. The molecule has 2 bridgehead atoms. The van der Waals surface area contributed by atoms with Crippen LogP contribution in [-0.4, -0.2) is 12.1 Å². The molecule has 2 rings (SSSR count). The predicted molar refractivity (Wildman–Crippen MR) is 69.6 cm³/mol. The van der Waals surface area contributed by atoms with E-state index in [1.54, 1.807) is 0 Å². The highest BCUT2D eigenvalue weighted by Gasteiger charge is 2.34. The summed E-state index contributed by atoms with van der Waals surface area (Å²) >= 11 is 0. The van der Waals surface area contributed by atoms with Crippen molar-refractivity contribution in [2.45, 2.75) is 45.4 Å². The van der Waals surface area contributed by atoms with Gasteiger partial charge < -0.3 is 0 Å². The van der Waals surface area contributed by atoms with Crippen molar-refractivity contribution in [3.63, 3.8) is 0 Å². The summed E-state index contributed by atoms with van der Waals surface area (Å²) in [6.07, 6.45) is 12.9. The first-order valence-electron chi connectivity index (χ1n) is 6.80. The molecule has 3 atom stereocenters. The summed E-state index contributed by atoms with van der Waals surface area (Å²) in [7, 11) is 0. The second-order valence-electron chi connectivity index (χ2n) is 5.21. The Balaban J connectivity index is 1.64. The maximum absolute atomic E-state index is 11.4. The van der Waals surface area contributed by atoms with Crippen molar-refractivity contribution < 1.29 is 4.79 Å². The first kappa shape index (κ1) is 12.3. The van der Waals surface area contributed by atoms with Crippen molar-refractivity contribution in [3.05, 3.63) is 12.2 Å². The van der Waals surface area contributed by atoms with Crippen molar-refractivity contribution >= 4 is 12.1 Å². The largest absolute Gasteiger partial charge is 0.273 e. The van der Waals surface area contributed by atoms with Crippen LogP contribution >= 0.6 is 0 Å². The zero-order valence-electron chi connectivity index (χ0n) is 10.6. The van der Waals surface area contributed by atoms with Gasteiger partial charge in [0.1, 0.15) is 0 Å². The number of allylic oxidation sites excluding steroid dienone is 2. The lowest BCUT2D eigenvalue weighted by molar-refractivity contribution is -0.121. The minimum Gasteiger partial charge on any atom is -0.273 e. The third-order valence-electron chi connectivity index (χ3n) is 3.79. The molecule has 0 heterocycles. The van der Waals surface area contributed by atoms with Gasteiger partial charge in [-0.15, -0.1) is 0 Å².